The van der Waals surface area contributed by atoms with E-state index in [-0.39, 0.29) is 0 Å². The van der Waals surface area contributed by atoms with Crippen LogP contribution in [0.1, 0.15) is 125 Å². The van der Waals surface area contributed by atoms with Crippen molar-refractivity contribution in [1.82, 2.24) is 0 Å². The Morgan fingerprint density at radius 3 is 1.91 bits per heavy atom. The molecule has 0 radical (unpaired) electrons. The third-order valence-electron chi connectivity index (χ3n) is 8.62. The van der Waals surface area contributed by atoms with Crippen molar-refractivity contribution in [2.75, 3.05) is 0 Å². The molecule has 2 aromatic carbocycles. The van der Waals surface area contributed by atoms with Crippen LogP contribution in [0.2, 0.25) is 0 Å². The maximum absolute atomic E-state index is 3.36. The summed E-state index contributed by atoms with van der Waals surface area (Å²) < 4.78 is 0. The van der Waals surface area contributed by atoms with Crippen molar-refractivity contribution in [2.24, 2.45) is 11.8 Å². The molecule has 0 spiro atoms. The van der Waals surface area contributed by atoms with Crippen molar-refractivity contribution >= 4 is 0 Å². The number of hydrogen-bond acceptors (Lipinski definition) is 0. The number of hydrogen-bond donors (Lipinski definition) is 0. The topological polar surface area (TPSA) is 0 Å². The Kier molecular flexibility index (Phi) is 10.1. The molecule has 0 N–H and O–H groups in total. The van der Waals surface area contributed by atoms with Crippen LogP contribution >= 0.6 is 0 Å². The van der Waals surface area contributed by atoms with Gasteiger partial charge in [-0.15, -0.1) is 0 Å². The van der Waals surface area contributed by atoms with Crippen molar-refractivity contribution in [3.63, 3.8) is 0 Å². The Morgan fingerprint density at radius 2 is 1.31 bits per heavy atom. The Hall–Kier alpha value is -2.26. The largest absolute Gasteiger partial charge is 0.0730 e. The first kappa shape index (κ1) is 25.8. The average Bonchev–Trinajstić information content (AvgIpc) is 2.92. The zero-order valence-electron chi connectivity index (χ0n) is 22.3. The average molecular weight is 467 g/mol. The minimum absolute atomic E-state index is 0.690. The summed E-state index contributed by atoms with van der Waals surface area (Å²) in [5, 5.41) is 0. The minimum Gasteiger partial charge on any atom is -0.0730 e. The molecule has 0 nitrogen and oxygen atoms in total. The van der Waals surface area contributed by atoms with Crippen LogP contribution in [0.4, 0.5) is 0 Å². The number of unbranched alkanes of at least 4 members (excludes halogenated alkanes) is 1. The normalized spacial score (nSPS) is 24.7. The van der Waals surface area contributed by atoms with Gasteiger partial charge in [0.05, 0.1) is 0 Å². The summed E-state index contributed by atoms with van der Waals surface area (Å²) in [6, 6.07) is 18.6. The summed E-state index contributed by atoms with van der Waals surface area (Å²) in [4.78, 5) is 0. The van der Waals surface area contributed by atoms with Gasteiger partial charge in [-0.25, -0.2) is 0 Å². The number of aryl methyl sites for hydroxylation is 1. The number of rotatable bonds is 8. The van der Waals surface area contributed by atoms with Gasteiger partial charge in [-0.3, -0.25) is 0 Å². The van der Waals surface area contributed by atoms with E-state index < -0.39 is 0 Å². The van der Waals surface area contributed by atoms with Gasteiger partial charge in [-0.05, 0) is 116 Å². The van der Waals surface area contributed by atoms with E-state index in [1.54, 1.807) is 5.56 Å². The van der Waals surface area contributed by atoms with Crippen LogP contribution in [0.25, 0.3) is 0 Å². The third-order valence-corrected chi connectivity index (χ3v) is 8.62. The van der Waals surface area contributed by atoms with Gasteiger partial charge in [0, 0.05) is 5.56 Å². The molecule has 0 unspecified atom stereocenters. The Morgan fingerprint density at radius 1 is 0.714 bits per heavy atom. The minimum atomic E-state index is 0.690. The standard InChI is InChI=1S/C35H46/c1-3-5-9-29-14-22-33(23-15-29)35-26-18-31(19-27-35)11-7-6-10-30-16-24-34(25-17-30)32-20-12-28(8-4-2)13-21-32/h6,10,12-13,18-21,26-27,29-30,33-34H,3-5,8-9,14-17,22-25H2,1-2H3. The SMILES string of the molecule is CCCCC1CCC(c2ccc(C#CC=CC3CCC(c4ccc(CCC)cc4)CC3)cc2)CC1. The van der Waals surface area contributed by atoms with E-state index in [0.717, 1.165) is 23.3 Å². The van der Waals surface area contributed by atoms with Gasteiger partial charge >= 0.3 is 0 Å². The number of benzene rings is 2. The smallest absolute Gasteiger partial charge is 0.0249 e. The molecule has 0 saturated heterocycles. The molecule has 0 amide bonds. The lowest BCUT2D eigenvalue weighted by Crippen LogP contribution is -2.13. The van der Waals surface area contributed by atoms with Gasteiger partial charge in [-0.2, -0.15) is 0 Å². The van der Waals surface area contributed by atoms with E-state index >= 15 is 0 Å². The molecule has 0 aromatic heterocycles. The molecule has 2 saturated carbocycles. The quantitative estimate of drug-likeness (QED) is 0.339. The summed E-state index contributed by atoms with van der Waals surface area (Å²) in [5.74, 6) is 9.84. The molecule has 2 aromatic rings. The number of allylic oxidation sites excluding steroid dienone is 2. The van der Waals surface area contributed by atoms with Crippen molar-refractivity contribution < 1.29 is 0 Å². The first-order valence-electron chi connectivity index (χ1n) is 14.6. The molecular formula is C35H46. The summed E-state index contributed by atoms with van der Waals surface area (Å²) in [7, 11) is 0. The molecule has 0 aliphatic heterocycles. The molecule has 186 valence electrons. The second kappa shape index (κ2) is 13.7. The summed E-state index contributed by atoms with van der Waals surface area (Å²) >= 11 is 0. The first-order chi connectivity index (χ1) is 17.2. The fourth-order valence-corrected chi connectivity index (χ4v) is 6.32. The van der Waals surface area contributed by atoms with Gasteiger partial charge in [0.1, 0.15) is 0 Å². The molecule has 2 aliphatic carbocycles. The Bertz CT molecular complexity index is 949. The Balaban J connectivity index is 1.20. The van der Waals surface area contributed by atoms with E-state index in [2.05, 4.69) is 86.4 Å². The summed E-state index contributed by atoms with van der Waals surface area (Å²) in [6.45, 7) is 4.56. The van der Waals surface area contributed by atoms with Crippen LogP contribution in [0.5, 0.6) is 0 Å². The zero-order chi connectivity index (χ0) is 24.3. The molecular weight excluding hydrogens is 420 g/mol. The predicted octanol–water partition coefficient (Wildman–Crippen LogP) is 9.98. The lowest BCUT2D eigenvalue weighted by molar-refractivity contribution is 0.304. The first-order valence-corrected chi connectivity index (χ1v) is 14.6. The lowest BCUT2D eigenvalue weighted by atomic mass is 9.77. The van der Waals surface area contributed by atoms with E-state index in [9.17, 15) is 0 Å². The van der Waals surface area contributed by atoms with Crippen molar-refractivity contribution in [3.05, 3.63) is 82.9 Å². The second-order valence-electron chi connectivity index (χ2n) is 11.2. The van der Waals surface area contributed by atoms with Gasteiger partial charge in [0.2, 0.25) is 0 Å². The van der Waals surface area contributed by atoms with Crippen LogP contribution in [0.3, 0.4) is 0 Å². The van der Waals surface area contributed by atoms with E-state index in [4.69, 9.17) is 0 Å². The molecule has 0 atom stereocenters. The van der Waals surface area contributed by atoms with Crippen molar-refractivity contribution in [2.45, 2.75) is 109 Å². The van der Waals surface area contributed by atoms with Crippen LogP contribution < -0.4 is 0 Å². The van der Waals surface area contributed by atoms with E-state index in [1.165, 1.54) is 94.6 Å². The maximum atomic E-state index is 3.36. The zero-order valence-corrected chi connectivity index (χ0v) is 22.3. The van der Waals surface area contributed by atoms with Crippen LogP contribution in [-0.2, 0) is 6.42 Å². The molecule has 0 heteroatoms. The monoisotopic (exact) mass is 466 g/mol. The maximum Gasteiger partial charge on any atom is 0.0249 e. The highest BCUT2D eigenvalue weighted by molar-refractivity contribution is 5.39. The van der Waals surface area contributed by atoms with Gasteiger partial charge in [0.25, 0.3) is 0 Å². The highest BCUT2D eigenvalue weighted by Gasteiger charge is 2.22. The Labute approximate surface area is 215 Å². The predicted molar refractivity (Wildman–Crippen MR) is 152 cm³/mol. The fraction of sp³-hybridized carbons (Fsp3) is 0.543. The van der Waals surface area contributed by atoms with Crippen molar-refractivity contribution in [1.29, 1.82) is 0 Å². The molecule has 2 fully saturated rings. The summed E-state index contributed by atoms with van der Waals surface area (Å²) in [6.07, 6.45) is 21.8. The highest BCUT2D eigenvalue weighted by Crippen LogP contribution is 2.38. The van der Waals surface area contributed by atoms with Gasteiger partial charge in [-0.1, -0.05) is 93.8 Å². The second-order valence-corrected chi connectivity index (χ2v) is 11.2. The van der Waals surface area contributed by atoms with Gasteiger partial charge < -0.3 is 0 Å². The fourth-order valence-electron chi connectivity index (χ4n) is 6.32. The molecule has 0 heterocycles. The van der Waals surface area contributed by atoms with Crippen LogP contribution in [0, 0.1) is 23.7 Å². The summed E-state index contributed by atoms with van der Waals surface area (Å²) in [5.41, 5.74) is 5.69. The molecule has 35 heavy (non-hydrogen) atoms. The molecule has 4 rings (SSSR count). The molecule has 2 aliphatic rings. The van der Waals surface area contributed by atoms with Gasteiger partial charge in [0.15, 0.2) is 0 Å². The third kappa shape index (κ3) is 7.87. The van der Waals surface area contributed by atoms with Crippen molar-refractivity contribution in [3.8, 4) is 11.8 Å². The van der Waals surface area contributed by atoms with E-state index in [0.29, 0.717) is 5.92 Å². The van der Waals surface area contributed by atoms with Crippen LogP contribution in [-0.4, -0.2) is 0 Å². The van der Waals surface area contributed by atoms with Crippen LogP contribution in [0.15, 0.2) is 60.7 Å². The van der Waals surface area contributed by atoms with E-state index in [1.807, 2.05) is 0 Å². The highest BCUT2D eigenvalue weighted by atomic mass is 14.3. The lowest BCUT2D eigenvalue weighted by Gasteiger charge is -2.28. The molecule has 0 bridgehead atoms.